The van der Waals surface area contributed by atoms with Crippen molar-refractivity contribution in [1.29, 1.82) is 0 Å². The number of pyridine rings is 4. The Hall–Kier alpha value is -11.0. The molecular formula is C93H102Cl4N20O4. The molecule has 24 nitrogen and oxygen atoms in total. The van der Waals surface area contributed by atoms with Crippen molar-refractivity contribution >= 4 is 137 Å². The second-order valence-electron chi connectivity index (χ2n) is 32.3. The molecule has 4 fully saturated rings. The number of amides is 4. The smallest absolute Gasteiger partial charge is 0.258 e. The first-order valence-electron chi connectivity index (χ1n) is 41.5. The number of anilines is 4. The standard InChI is InChI=1S/C28H26ClN5O.C23H28ClN5O.C22H26ClN5O.C20H22ClN5O/c1-3-20-9-11-22(12-10-20)31-28(35)24-17-30-27-25(26(24)29)19(2)32-34(27)23-13-15-33(16-14-23)18-21-7-5-4-6-8-21;1-14(2)16-5-7-17(8-6-16)26-23(30)19-13-25-22-20(21(19)24)15(3)27-29(22)18-9-11-28(4)12-10-18;1-13(2)15-4-6-16(7-5-15)26-22(29)18-12-25-21-19(20(18)23)14(3)27-28(21)17-8-10-24-11-9-17;1-12-3-5-14(6-4-12)24-20(27)16-11-23-19-17(18(16)21)13(2)25-26(19)15-7-9-22-10-8-15/h1,4-12,17,23H,13-16,18H2,2H3,(H,31,35);5-8,13-14,18H,9-12H2,1-4H3,(H,26,30);4-7,12-13,17,24H,8-11H2,1-3H3,(H,26,29);3-6,11,15,22H,7-10H2,1-2H3,(H,24,27). The number of carbonyl (C=O) groups excluding carboxylic acids is 4. The minimum absolute atomic E-state index is 0.246. The summed E-state index contributed by atoms with van der Waals surface area (Å²) in [6.45, 7) is 27.1. The lowest BCUT2D eigenvalue weighted by Gasteiger charge is -2.32. The summed E-state index contributed by atoms with van der Waals surface area (Å²) >= 11 is 26.7. The molecule has 12 heterocycles. The molecule has 0 unspecified atom stereocenters. The Morgan fingerprint density at radius 2 is 0.702 bits per heavy atom. The van der Waals surface area contributed by atoms with Crippen LogP contribution >= 0.6 is 46.4 Å². The van der Waals surface area contributed by atoms with E-state index in [4.69, 9.17) is 68.1 Å². The van der Waals surface area contributed by atoms with Crippen LogP contribution in [0.5, 0.6) is 0 Å². The van der Waals surface area contributed by atoms with Gasteiger partial charge in [0, 0.05) is 72.7 Å². The van der Waals surface area contributed by atoms with Gasteiger partial charge in [0.05, 0.1) is 111 Å². The molecule has 28 heteroatoms. The molecule has 8 aromatic heterocycles. The average Bonchev–Trinajstić information content (AvgIpc) is 1.63. The zero-order valence-electron chi connectivity index (χ0n) is 69.9. The van der Waals surface area contributed by atoms with Crippen LogP contribution in [0.4, 0.5) is 22.7 Å². The Balaban J connectivity index is 0.000000132. The topological polar surface area (TPSA) is 270 Å². The van der Waals surface area contributed by atoms with E-state index >= 15 is 0 Å². The van der Waals surface area contributed by atoms with Gasteiger partial charge in [0.1, 0.15) is 0 Å². The summed E-state index contributed by atoms with van der Waals surface area (Å²) in [5.41, 5.74) is 16.1. The highest BCUT2D eigenvalue weighted by atomic mass is 35.5. The quantitative estimate of drug-likeness (QED) is 0.0491. The number of carbonyl (C=O) groups is 4. The van der Waals surface area contributed by atoms with Crippen LogP contribution in [0.25, 0.3) is 44.1 Å². The van der Waals surface area contributed by atoms with Gasteiger partial charge in [0.25, 0.3) is 23.6 Å². The minimum atomic E-state index is -0.320. The predicted molar refractivity (Wildman–Crippen MR) is 486 cm³/mol. The Bertz CT molecular complexity index is 5930. The normalized spacial score (nSPS) is 15.2. The molecule has 0 saturated carbocycles. The summed E-state index contributed by atoms with van der Waals surface area (Å²) in [7, 11) is 2.14. The van der Waals surface area contributed by atoms with Crippen LogP contribution in [0.2, 0.25) is 20.1 Å². The second kappa shape index (κ2) is 38.8. The van der Waals surface area contributed by atoms with Crippen LogP contribution in [-0.2, 0) is 6.54 Å². The molecule has 0 bridgehead atoms. The fraction of sp³-hybridized carbons (Fsp3) is 0.355. The van der Waals surface area contributed by atoms with Gasteiger partial charge < -0.3 is 36.8 Å². The number of hydrogen-bond acceptors (Lipinski definition) is 16. The Labute approximate surface area is 725 Å². The van der Waals surface area contributed by atoms with Crippen molar-refractivity contribution in [2.24, 2.45) is 0 Å². The number of nitrogens with one attached hydrogen (secondary N) is 6. The second-order valence-corrected chi connectivity index (χ2v) is 33.8. The number of terminal acetylenes is 1. The van der Waals surface area contributed by atoms with E-state index in [2.05, 4.69) is 132 Å². The van der Waals surface area contributed by atoms with E-state index in [9.17, 15) is 19.2 Å². The summed E-state index contributed by atoms with van der Waals surface area (Å²) in [4.78, 5) is 74.5. The number of aromatic nitrogens is 12. The number of benzene rings is 5. The number of rotatable bonds is 16. The lowest BCUT2D eigenvalue weighted by Crippen LogP contribution is -2.34. The van der Waals surface area contributed by atoms with Crippen LogP contribution in [-0.4, -0.2) is 152 Å². The minimum Gasteiger partial charge on any atom is -0.322 e. The van der Waals surface area contributed by atoms with E-state index < -0.39 is 0 Å². The van der Waals surface area contributed by atoms with E-state index in [0.29, 0.717) is 78.0 Å². The molecule has 0 radical (unpaired) electrons. The average molecular weight is 1710 g/mol. The van der Waals surface area contributed by atoms with E-state index in [1.54, 1.807) is 42.9 Å². The molecule has 17 rings (SSSR count). The van der Waals surface area contributed by atoms with Gasteiger partial charge in [0.15, 0.2) is 22.6 Å². The molecule has 5 aromatic carbocycles. The van der Waals surface area contributed by atoms with Crippen LogP contribution in [0.1, 0.15) is 207 Å². The number of likely N-dealkylation sites (tertiary alicyclic amines) is 2. The summed E-state index contributed by atoms with van der Waals surface area (Å²) in [5, 5.41) is 41.8. The zero-order valence-corrected chi connectivity index (χ0v) is 72.9. The first-order chi connectivity index (χ1) is 58.4. The third kappa shape index (κ3) is 19.8. The number of nitrogens with zero attached hydrogens (tertiary/aromatic N) is 14. The highest BCUT2D eigenvalue weighted by Crippen LogP contribution is 2.39. The molecule has 0 spiro atoms. The first-order valence-corrected chi connectivity index (χ1v) is 43.0. The van der Waals surface area contributed by atoms with Gasteiger partial charge in [-0.05, 0) is 221 Å². The number of halogens is 4. The van der Waals surface area contributed by atoms with E-state index in [1.807, 2.05) is 132 Å². The van der Waals surface area contributed by atoms with Crippen molar-refractivity contribution < 1.29 is 19.2 Å². The lowest BCUT2D eigenvalue weighted by molar-refractivity contribution is 0.101. The van der Waals surface area contributed by atoms with E-state index in [-0.39, 0.29) is 29.7 Å². The molecule has 121 heavy (non-hydrogen) atoms. The Morgan fingerprint density at radius 1 is 0.413 bits per heavy atom. The van der Waals surface area contributed by atoms with Crippen LogP contribution in [0, 0.1) is 47.0 Å². The Kier molecular flexibility index (Phi) is 27.7. The fourth-order valence-corrected chi connectivity index (χ4v) is 17.5. The highest BCUT2D eigenvalue weighted by molar-refractivity contribution is 6.41. The van der Waals surface area contributed by atoms with E-state index in [0.717, 1.165) is 205 Å². The molecular weight excluding hydrogens is 1600 g/mol. The molecule has 4 aliphatic rings. The third-order valence-corrected chi connectivity index (χ3v) is 24.7. The number of piperidine rings is 4. The molecule has 6 N–H and O–H groups in total. The highest BCUT2D eigenvalue weighted by Gasteiger charge is 2.31. The van der Waals surface area contributed by atoms with Crippen molar-refractivity contribution in [2.45, 2.75) is 156 Å². The van der Waals surface area contributed by atoms with E-state index in [1.165, 1.54) is 22.9 Å². The molecule has 0 aliphatic carbocycles. The summed E-state index contributed by atoms with van der Waals surface area (Å²) < 4.78 is 7.94. The third-order valence-electron chi connectivity index (χ3n) is 23.1. The first kappa shape index (κ1) is 86.4. The van der Waals surface area contributed by atoms with Gasteiger partial charge in [-0.25, -0.2) is 38.7 Å². The molecule has 4 saturated heterocycles. The molecule has 0 atom stereocenters. The van der Waals surface area contributed by atoms with Gasteiger partial charge in [-0.15, -0.1) is 6.42 Å². The van der Waals surface area contributed by atoms with Gasteiger partial charge in [0.2, 0.25) is 0 Å². The maximum atomic E-state index is 12.9. The lowest BCUT2D eigenvalue weighted by atomic mass is 10.0. The monoisotopic (exact) mass is 1700 g/mol. The summed E-state index contributed by atoms with van der Waals surface area (Å²) in [6, 6.07) is 42.2. The zero-order chi connectivity index (χ0) is 85.3. The molecule has 626 valence electrons. The van der Waals surface area contributed by atoms with Crippen molar-refractivity contribution in [3.8, 4) is 12.3 Å². The van der Waals surface area contributed by atoms with Crippen molar-refractivity contribution in [3.05, 3.63) is 245 Å². The molecule has 4 aliphatic heterocycles. The van der Waals surface area contributed by atoms with Crippen molar-refractivity contribution in [2.75, 3.05) is 80.7 Å². The van der Waals surface area contributed by atoms with Crippen molar-refractivity contribution in [1.82, 2.24) is 79.5 Å². The van der Waals surface area contributed by atoms with Crippen LogP contribution < -0.4 is 31.9 Å². The molecule has 4 amide bonds. The largest absolute Gasteiger partial charge is 0.322 e. The van der Waals surface area contributed by atoms with Gasteiger partial charge in [-0.3, -0.25) is 24.1 Å². The van der Waals surface area contributed by atoms with Gasteiger partial charge in [-0.1, -0.05) is 152 Å². The van der Waals surface area contributed by atoms with Crippen molar-refractivity contribution in [3.63, 3.8) is 0 Å². The maximum Gasteiger partial charge on any atom is 0.258 e. The maximum absolute atomic E-state index is 12.9. The SMILES string of the molecule is C#Cc1ccc(NC(=O)c2cnc3c(c(C)nn3C3CCN(Cc4ccccc4)CC3)c2Cl)cc1.Cc1ccc(NC(=O)c2cnc3c(c(C)nn3C3CCNCC3)c2Cl)cc1.Cc1nn(C2CCN(C)CC2)c2ncc(C(=O)Nc3ccc(C(C)C)cc3)c(Cl)c12.Cc1nn(C2CCNCC2)c2ncc(C(=O)Nc3ccc(C(C)C)cc3)c(Cl)c12. The molecule has 13 aromatic rings. The van der Waals surface area contributed by atoms with Gasteiger partial charge in [-0.2, -0.15) is 20.4 Å². The number of hydrogen-bond donors (Lipinski definition) is 6. The van der Waals surface area contributed by atoms with Crippen LogP contribution in [0.15, 0.2) is 152 Å². The number of fused-ring (bicyclic) bond motifs is 4. The summed E-state index contributed by atoms with van der Waals surface area (Å²) in [6.07, 6.45) is 19.7. The number of aryl methyl sites for hydroxylation is 5. The fourth-order valence-electron chi connectivity index (χ4n) is 16.1. The Morgan fingerprint density at radius 3 is 1.01 bits per heavy atom. The summed E-state index contributed by atoms with van der Waals surface area (Å²) in [5.74, 6) is 2.33. The van der Waals surface area contributed by atoms with Gasteiger partial charge >= 0.3 is 0 Å². The predicted octanol–water partition coefficient (Wildman–Crippen LogP) is 19.1. The van der Waals surface area contributed by atoms with Crippen LogP contribution in [0.3, 0.4) is 0 Å².